The largest absolute Gasteiger partial charge is 0.458 e. The van der Waals surface area contributed by atoms with E-state index in [4.69, 9.17) is 18.9 Å². The quantitative estimate of drug-likeness (QED) is 0.182. The van der Waals surface area contributed by atoms with Gasteiger partial charge in [-0.15, -0.1) is 0 Å². The van der Waals surface area contributed by atoms with Gasteiger partial charge in [-0.1, -0.05) is 32.1 Å². The van der Waals surface area contributed by atoms with Crippen LogP contribution in [0.3, 0.4) is 0 Å². The first-order valence-corrected chi connectivity index (χ1v) is 14.7. The van der Waals surface area contributed by atoms with Crippen molar-refractivity contribution < 1.29 is 49.0 Å². The Kier molecular flexibility index (Phi) is 9.83. The number of hydrogen-bond donors (Lipinski definition) is 4. The predicted molar refractivity (Wildman–Crippen MR) is 148 cm³/mol. The van der Waals surface area contributed by atoms with E-state index in [1.807, 2.05) is 6.92 Å². The summed E-state index contributed by atoms with van der Waals surface area (Å²) in [6, 6.07) is 0. The van der Waals surface area contributed by atoms with Crippen LogP contribution in [0.5, 0.6) is 0 Å². The van der Waals surface area contributed by atoms with Crippen LogP contribution in [-0.2, 0) is 28.5 Å². The lowest BCUT2D eigenvalue weighted by Gasteiger charge is -2.61. The molecule has 41 heavy (non-hydrogen) atoms. The van der Waals surface area contributed by atoms with Crippen molar-refractivity contribution in [3.63, 3.8) is 0 Å². The van der Waals surface area contributed by atoms with Crippen molar-refractivity contribution in [1.29, 1.82) is 0 Å². The summed E-state index contributed by atoms with van der Waals surface area (Å²) in [6.07, 6.45) is 0.419. The third-order valence-corrected chi connectivity index (χ3v) is 10.2. The maximum Gasteiger partial charge on any atom is 0.333 e. The van der Waals surface area contributed by atoms with Crippen LogP contribution in [0.2, 0.25) is 0 Å². The smallest absolute Gasteiger partial charge is 0.333 e. The molecule has 10 unspecified atom stereocenters. The fourth-order valence-electron chi connectivity index (χ4n) is 7.59. The zero-order chi connectivity index (χ0) is 30.1. The molecule has 0 bridgehead atoms. The Morgan fingerprint density at radius 2 is 1.93 bits per heavy atom. The van der Waals surface area contributed by atoms with Crippen LogP contribution in [0.1, 0.15) is 66.2 Å². The van der Waals surface area contributed by atoms with Gasteiger partial charge >= 0.3 is 11.9 Å². The Bertz CT molecular complexity index is 1070. The molecule has 0 aromatic rings. The van der Waals surface area contributed by atoms with Crippen molar-refractivity contribution in [2.45, 2.75) is 103 Å². The molecule has 4 N–H and O–H groups in total. The molecular formula is C31H46O10. The zero-order valence-electron chi connectivity index (χ0n) is 24.6. The number of hydrogen-bond acceptors (Lipinski definition) is 10. The third-order valence-electron chi connectivity index (χ3n) is 10.2. The maximum atomic E-state index is 12.9. The Labute approximate surface area is 242 Å². The van der Waals surface area contributed by atoms with Gasteiger partial charge in [0.25, 0.3) is 0 Å². The second kappa shape index (κ2) is 12.7. The number of ether oxygens (including phenoxy) is 4. The van der Waals surface area contributed by atoms with Crippen LogP contribution in [-0.4, -0.2) is 89.0 Å². The van der Waals surface area contributed by atoms with Gasteiger partial charge in [-0.25, -0.2) is 9.59 Å². The number of aliphatic hydroxyl groups excluding tert-OH is 4. The highest BCUT2D eigenvalue weighted by Gasteiger charge is 2.59. The van der Waals surface area contributed by atoms with E-state index in [1.54, 1.807) is 26.0 Å². The number of fused-ring (bicyclic) bond motifs is 1. The lowest BCUT2D eigenvalue weighted by Crippen LogP contribution is -2.61. The molecule has 10 heteroatoms. The molecular weight excluding hydrogens is 532 g/mol. The van der Waals surface area contributed by atoms with Crippen LogP contribution < -0.4 is 0 Å². The van der Waals surface area contributed by atoms with Gasteiger partial charge in [-0.05, 0) is 75.2 Å². The third kappa shape index (κ3) is 6.19. The molecule has 0 aromatic heterocycles. The molecule has 4 rings (SSSR count). The predicted octanol–water partition coefficient (Wildman–Crippen LogP) is 2.33. The first kappa shape index (κ1) is 31.8. The van der Waals surface area contributed by atoms with E-state index in [0.29, 0.717) is 18.6 Å². The molecule has 10 atom stereocenters. The highest BCUT2D eigenvalue weighted by Crippen LogP contribution is 2.62. The highest BCUT2D eigenvalue weighted by atomic mass is 16.7. The molecule has 0 radical (unpaired) electrons. The van der Waals surface area contributed by atoms with E-state index < -0.39 is 54.8 Å². The van der Waals surface area contributed by atoms with Crippen molar-refractivity contribution >= 4 is 11.9 Å². The summed E-state index contributed by atoms with van der Waals surface area (Å²) in [5.74, 6) is -0.486. The fraction of sp³-hybridized carbons (Fsp3) is 0.742. The summed E-state index contributed by atoms with van der Waals surface area (Å²) in [6.45, 7) is 12.1. The van der Waals surface area contributed by atoms with Gasteiger partial charge in [0.05, 0.1) is 13.2 Å². The number of aliphatic hydroxyl groups is 4. The molecule has 4 aliphatic rings. The summed E-state index contributed by atoms with van der Waals surface area (Å²) in [7, 11) is 0. The molecule has 0 aromatic carbocycles. The van der Waals surface area contributed by atoms with Crippen LogP contribution in [0, 0.1) is 22.7 Å². The standard InChI is InChI=1S/C31H46O10/c1-6-17(2)28(37)41-23-11-12-30(4)20(9-8-19-13-24(33)38-15-19)18(3)7-10-22(30)31(23,5)16-39-29-27(36)26(35)25(34)21(14-32)40-29/h6,13,20-23,25-27,29,32,34-36H,3,7-12,14-16H2,1-2,4-5H3. The van der Waals surface area contributed by atoms with Gasteiger partial charge in [0, 0.05) is 17.1 Å². The first-order valence-electron chi connectivity index (χ1n) is 14.7. The Balaban J connectivity index is 1.61. The lowest BCUT2D eigenvalue weighted by molar-refractivity contribution is -0.313. The minimum Gasteiger partial charge on any atom is -0.458 e. The lowest BCUT2D eigenvalue weighted by atomic mass is 9.46. The fourth-order valence-corrected chi connectivity index (χ4v) is 7.59. The van der Waals surface area contributed by atoms with Gasteiger partial charge < -0.3 is 39.4 Å². The number of esters is 2. The normalized spacial score (nSPS) is 41.5. The Morgan fingerprint density at radius 1 is 1.20 bits per heavy atom. The van der Waals surface area contributed by atoms with Gasteiger partial charge in [0.15, 0.2) is 6.29 Å². The van der Waals surface area contributed by atoms with E-state index in [2.05, 4.69) is 13.5 Å². The van der Waals surface area contributed by atoms with E-state index in [-0.39, 0.29) is 29.8 Å². The van der Waals surface area contributed by atoms with Crippen LogP contribution >= 0.6 is 0 Å². The minimum atomic E-state index is -1.55. The first-order chi connectivity index (χ1) is 19.3. The van der Waals surface area contributed by atoms with Crippen LogP contribution in [0.4, 0.5) is 0 Å². The minimum absolute atomic E-state index is 0.0447. The summed E-state index contributed by atoms with van der Waals surface area (Å²) < 4.78 is 23.0. The average molecular weight is 579 g/mol. The number of cyclic esters (lactones) is 1. The second-order valence-corrected chi connectivity index (χ2v) is 12.7. The molecule has 2 saturated carbocycles. The number of rotatable bonds is 9. The zero-order valence-corrected chi connectivity index (χ0v) is 24.6. The van der Waals surface area contributed by atoms with Crippen LogP contribution in [0.25, 0.3) is 0 Å². The van der Waals surface area contributed by atoms with Gasteiger partial charge in [0.1, 0.15) is 37.1 Å². The highest BCUT2D eigenvalue weighted by molar-refractivity contribution is 5.87. The molecule has 2 heterocycles. The SMILES string of the molecule is C=C1CCC2C(C)(COC3OC(CO)C(O)C(O)C3O)C(OC(=O)C(C)=CC)CCC2(C)C1CCC1=CC(=O)OC1. The van der Waals surface area contributed by atoms with Crippen molar-refractivity contribution in [3.05, 3.63) is 35.5 Å². The summed E-state index contributed by atoms with van der Waals surface area (Å²) in [5, 5.41) is 40.7. The Morgan fingerprint density at radius 3 is 2.56 bits per heavy atom. The number of allylic oxidation sites excluding steroid dienone is 2. The van der Waals surface area contributed by atoms with Gasteiger partial charge in [-0.3, -0.25) is 0 Å². The summed E-state index contributed by atoms with van der Waals surface area (Å²) >= 11 is 0. The molecule has 0 amide bonds. The van der Waals surface area contributed by atoms with Gasteiger partial charge in [0.2, 0.25) is 0 Å². The second-order valence-electron chi connectivity index (χ2n) is 12.7. The molecule has 2 aliphatic heterocycles. The summed E-state index contributed by atoms with van der Waals surface area (Å²) in [4.78, 5) is 24.5. The van der Waals surface area contributed by atoms with Crippen molar-refractivity contribution in [2.75, 3.05) is 19.8 Å². The van der Waals surface area contributed by atoms with Crippen molar-refractivity contribution in [2.24, 2.45) is 22.7 Å². The number of carbonyl (C=O) groups excluding carboxylic acids is 2. The van der Waals surface area contributed by atoms with Crippen molar-refractivity contribution in [1.82, 2.24) is 0 Å². The summed E-state index contributed by atoms with van der Waals surface area (Å²) in [5.41, 5.74) is 1.76. The average Bonchev–Trinajstić information content (AvgIpc) is 3.36. The van der Waals surface area contributed by atoms with Crippen LogP contribution in [0.15, 0.2) is 35.5 Å². The molecule has 2 aliphatic carbocycles. The van der Waals surface area contributed by atoms with Gasteiger partial charge in [-0.2, -0.15) is 0 Å². The van der Waals surface area contributed by atoms with E-state index in [0.717, 1.165) is 37.7 Å². The van der Waals surface area contributed by atoms with E-state index in [9.17, 15) is 30.0 Å². The molecule has 1 saturated heterocycles. The Hall–Kier alpha value is -2.08. The van der Waals surface area contributed by atoms with E-state index >= 15 is 0 Å². The molecule has 10 nitrogen and oxygen atoms in total. The van der Waals surface area contributed by atoms with E-state index in [1.165, 1.54) is 5.57 Å². The number of carbonyl (C=O) groups is 2. The molecule has 230 valence electrons. The monoisotopic (exact) mass is 578 g/mol. The molecule has 3 fully saturated rings. The topological polar surface area (TPSA) is 152 Å². The molecule has 0 spiro atoms. The van der Waals surface area contributed by atoms with Crippen molar-refractivity contribution in [3.8, 4) is 0 Å². The maximum absolute atomic E-state index is 12.9.